The fourth-order valence-electron chi connectivity index (χ4n) is 2.19. The molecule has 1 aliphatic heterocycles. The summed E-state index contributed by atoms with van der Waals surface area (Å²) in [6.45, 7) is 2.22. The molecule has 1 heterocycles. The molecule has 2 atom stereocenters. The van der Waals surface area contributed by atoms with Crippen molar-refractivity contribution >= 4 is 27.8 Å². The zero-order valence-corrected chi connectivity index (χ0v) is 11.6. The number of carbonyl (C=O) groups is 2. The van der Waals surface area contributed by atoms with Gasteiger partial charge >= 0.3 is 5.97 Å². The van der Waals surface area contributed by atoms with Gasteiger partial charge in [0.25, 0.3) is 0 Å². The maximum atomic E-state index is 11.8. The number of carboxylic acids is 1. The molecule has 96 valence electrons. The van der Waals surface area contributed by atoms with E-state index in [0.717, 1.165) is 10.0 Å². The van der Waals surface area contributed by atoms with Crippen LogP contribution >= 0.6 is 15.9 Å². The van der Waals surface area contributed by atoms with Crippen LogP contribution in [0.3, 0.4) is 0 Å². The van der Waals surface area contributed by atoms with Crippen molar-refractivity contribution in [3.8, 4) is 0 Å². The smallest absolute Gasteiger partial charge is 0.308 e. The number of likely N-dealkylation sites (tertiary alicyclic amines) is 1. The van der Waals surface area contributed by atoms with Gasteiger partial charge < -0.3 is 10.0 Å². The van der Waals surface area contributed by atoms with Gasteiger partial charge in [-0.3, -0.25) is 9.59 Å². The molecule has 0 aliphatic carbocycles. The molecule has 1 aromatic carbocycles. The normalized spacial score (nSPS) is 21.1. The highest BCUT2D eigenvalue weighted by Crippen LogP contribution is 2.29. The molecule has 0 spiro atoms. The molecule has 1 fully saturated rings. The highest BCUT2D eigenvalue weighted by molar-refractivity contribution is 9.10. The average Bonchev–Trinajstić information content (AvgIpc) is 2.71. The Bertz CT molecular complexity index is 472. The summed E-state index contributed by atoms with van der Waals surface area (Å²) in [6.07, 6.45) is 0.107. The topological polar surface area (TPSA) is 57.6 Å². The number of rotatable bonds is 3. The van der Waals surface area contributed by atoms with Gasteiger partial charge in [0.15, 0.2) is 0 Å². The van der Waals surface area contributed by atoms with E-state index < -0.39 is 11.9 Å². The first-order chi connectivity index (χ1) is 8.49. The monoisotopic (exact) mass is 311 g/mol. The fraction of sp³-hybridized carbons (Fsp3) is 0.385. The van der Waals surface area contributed by atoms with Crippen LogP contribution in [0.25, 0.3) is 0 Å². The second kappa shape index (κ2) is 5.10. The van der Waals surface area contributed by atoms with E-state index in [4.69, 9.17) is 5.11 Å². The summed E-state index contributed by atoms with van der Waals surface area (Å²) in [5, 5.41) is 8.95. The maximum absolute atomic E-state index is 11.8. The largest absolute Gasteiger partial charge is 0.481 e. The number of halogens is 1. The molecule has 1 aromatic rings. The molecule has 1 aliphatic rings. The summed E-state index contributed by atoms with van der Waals surface area (Å²) in [6, 6.07) is 7.63. The summed E-state index contributed by atoms with van der Waals surface area (Å²) in [7, 11) is 0. The predicted octanol–water partition coefficient (Wildman–Crippen LogP) is 2.44. The van der Waals surface area contributed by atoms with Gasteiger partial charge in [0.05, 0.1) is 12.0 Å². The van der Waals surface area contributed by atoms with Crippen molar-refractivity contribution in [3.05, 3.63) is 34.3 Å². The molecule has 0 radical (unpaired) electrons. The molecular formula is C13H14BrNO3. The standard InChI is InChI=1S/C13H14BrNO3/c1-8(9-2-4-11(14)5-3-9)15-7-10(13(17)18)6-12(15)16/h2-5,8,10H,6-7H2,1H3,(H,17,18). The number of benzene rings is 1. The van der Waals surface area contributed by atoms with Crippen LogP contribution in [0.2, 0.25) is 0 Å². The number of carboxylic acid groups (broad SMARTS) is 1. The molecule has 2 rings (SSSR count). The number of aliphatic carboxylic acids is 1. The minimum absolute atomic E-state index is 0.0854. The lowest BCUT2D eigenvalue weighted by atomic mass is 10.1. The molecule has 0 bridgehead atoms. The molecule has 0 saturated carbocycles. The molecule has 0 aromatic heterocycles. The van der Waals surface area contributed by atoms with Gasteiger partial charge in [0, 0.05) is 17.4 Å². The van der Waals surface area contributed by atoms with E-state index in [2.05, 4.69) is 15.9 Å². The molecule has 18 heavy (non-hydrogen) atoms. The zero-order chi connectivity index (χ0) is 13.3. The van der Waals surface area contributed by atoms with Crippen LogP contribution < -0.4 is 0 Å². The van der Waals surface area contributed by atoms with E-state index in [9.17, 15) is 9.59 Å². The Kier molecular flexibility index (Phi) is 3.71. The lowest BCUT2D eigenvalue weighted by Gasteiger charge is -2.25. The van der Waals surface area contributed by atoms with Crippen molar-refractivity contribution in [1.29, 1.82) is 0 Å². The lowest BCUT2D eigenvalue weighted by molar-refractivity contribution is -0.141. The second-order valence-electron chi connectivity index (χ2n) is 4.51. The number of hydrogen-bond donors (Lipinski definition) is 1. The highest BCUT2D eigenvalue weighted by Gasteiger charge is 2.36. The van der Waals surface area contributed by atoms with Crippen LogP contribution in [0.15, 0.2) is 28.7 Å². The Morgan fingerprint density at radius 3 is 2.56 bits per heavy atom. The van der Waals surface area contributed by atoms with E-state index in [-0.39, 0.29) is 18.4 Å². The first-order valence-electron chi connectivity index (χ1n) is 5.76. The van der Waals surface area contributed by atoms with Crippen LogP contribution in [-0.4, -0.2) is 28.4 Å². The van der Waals surface area contributed by atoms with Crippen molar-refractivity contribution in [2.45, 2.75) is 19.4 Å². The summed E-state index contributed by atoms with van der Waals surface area (Å²) in [5.41, 5.74) is 1.01. The van der Waals surface area contributed by atoms with Crippen molar-refractivity contribution in [3.63, 3.8) is 0 Å². The molecule has 1 N–H and O–H groups in total. The van der Waals surface area contributed by atoms with E-state index in [1.165, 1.54) is 0 Å². The quantitative estimate of drug-likeness (QED) is 0.932. The summed E-state index contributed by atoms with van der Waals surface area (Å²) in [5.74, 6) is -1.55. The predicted molar refractivity (Wildman–Crippen MR) is 70.0 cm³/mol. The van der Waals surface area contributed by atoms with E-state index in [1.54, 1.807) is 4.90 Å². The van der Waals surface area contributed by atoms with E-state index in [0.29, 0.717) is 6.54 Å². The summed E-state index contributed by atoms with van der Waals surface area (Å²) < 4.78 is 0.981. The lowest BCUT2D eigenvalue weighted by Crippen LogP contribution is -2.29. The molecule has 1 amide bonds. The van der Waals surface area contributed by atoms with Crippen LogP contribution in [0, 0.1) is 5.92 Å². The highest BCUT2D eigenvalue weighted by atomic mass is 79.9. The van der Waals surface area contributed by atoms with Gasteiger partial charge in [-0.05, 0) is 24.6 Å². The number of carbonyl (C=O) groups excluding carboxylic acids is 1. The first-order valence-corrected chi connectivity index (χ1v) is 6.56. The third-order valence-electron chi connectivity index (χ3n) is 3.33. The minimum atomic E-state index is -0.895. The summed E-state index contributed by atoms with van der Waals surface area (Å²) in [4.78, 5) is 24.4. The van der Waals surface area contributed by atoms with Gasteiger partial charge in [-0.1, -0.05) is 28.1 Å². The summed E-state index contributed by atoms with van der Waals surface area (Å²) >= 11 is 3.36. The molecule has 5 heteroatoms. The van der Waals surface area contributed by atoms with Gasteiger partial charge in [-0.2, -0.15) is 0 Å². The average molecular weight is 312 g/mol. The van der Waals surface area contributed by atoms with Crippen LogP contribution in [0.5, 0.6) is 0 Å². The Morgan fingerprint density at radius 1 is 1.44 bits per heavy atom. The number of hydrogen-bond acceptors (Lipinski definition) is 2. The van der Waals surface area contributed by atoms with Crippen molar-refractivity contribution < 1.29 is 14.7 Å². The number of amides is 1. The Labute approximate surface area is 114 Å². The Morgan fingerprint density at radius 2 is 2.06 bits per heavy atom. The maximum Gasteiger partial charge on any atom is 0.308 e. The van der Waals surface area contributed by atoms with E-state index >= 15 is 0 Å². The third kappa shape index (κ3) is 2.56. The molecular weight excluding hydrogens is 298 g/mol. The Balaban J connectivity index is 2.14. The first kappa shape index (κ1) is 13.1. The minimum Gasteiger partial charge on any atom is -0.481 e. The van der Waals surface area contributed by atoms with Gasteiger partial charge in [-0.25, -0.2) is 0 Å². The molecule has 2 unspecified atom stereocenters. The van der Waals surface area contributed by atoms with Gasteiger partial charge in [0.2, 0.25) is 5.91 Å². The Hall–Kier alpha value is -1.36. The van der Waals surface area contributed by atoms with E-state index in [1.807, 2.05) is 31.2 Å². The van der Waals surface area contributed by atoms with Crippen molar-refractivity contribution in [2.24, 2.45) is 5.92 Å². The van der Waals surface area contributed by atoms with Crippen LogP contribution in [0.4, 0.5) is 0 Å². The fourth-order valence-corrected chi connectivity index (χ4v) is 2.46. The molecule has 1 saturated heterocycles. The number of nitrogens with zero attached hydrogens (tertiary/aromatic N) is 1. The second-order valence-corrected chi connectivity index (χ2v) is 5.43. The zero-order valence-electron chi connectivity index (χ0n) is 9.97. The van der Waals surface area contributed by atoms with Gasteiger partial charge in [-0.15, -0.1) is 0 Å². The van der Waals surface area contributed by atoms with Gasteiger partial charge in [0.1, 0.15) is 0 Å². The van der Waals surface area contributed by atoms with Crippen LogP contribution in [-0.2, 0) is 9.59 Å². The van der Waals surface area contributed by atoms with Crippen molar-refractivity contribution in [1.82, 2.24) is 4.90 Å². The third-order valence-corrected chi connectivity index (χ3v) is 3.86. The SMILES string of the molecule is CC(c1ccc(Br)cc1)N1CC(C(=O)O)CC1=O. The van der Waals surface area contributed by atoms with Crippen LogP contribution in [0.1, 0.15) is 24.9 Å². The van der Waals surface area contributed by atoms with Crippen molar-refractivity contribution in [2.75, 3.05) is 6.54 Å². The molecule has 4 nitrogen and oxygen atoms in total.